The van der Waals surface area contributed by atoms with Crippen molar-refractivity contribution in [2.75, 3.05) is 12.3 Å². The van der Waals surface area contributed by atoms with Crippen LogP contribution in [0.5, 0.6) is 0 Å². The Morgan fingerprint density at radius 1 is 1.24 bits per heavy atom. The topological polar surface area (TPSA) is 97.1 Å². The van der Waals surface area contributed by atoms with Crippen molar-refractivity contribution in [1.29, 1.82) is 0 Å². The van der Waals surface area contributed by atoms with Crippen LogP contribution in [-0.2, 0) is 9.59 Å². The number of benzene rings is 1. The lowest BCUT2D eigenvalue weighted by Crippen LogP contribution is -2.45. The first-order valence-electron chi connectivity index (χ1n) is 8.10. The van der Waals surface area contributed by atoms with Crippen LogP contribution in [0.15, 0.2) is 33.9 Å². The number of aryl methyl sites for hydroxylation is 1. The first-order valence-corrected chi connectivity index (χ1v) is 9.08. The van der Waals surface area contributed by atoms with Gasteiger partial charge in [-0.1, -0.05) is 36.4 Å². The average Bonchev–Trinajstić information content (AvgIpc) is 3.07. The first-order chi connectivity index (χ1) is 12.0. The maximum absolute atomic E-state index is 11.9. The fourth-order valence-corrected chi connectivity index (χ4v) is 2.53. The number of nitrogens with one attached hydrogen (secondary N) is 2. The van der Waals surface area contributed by atoms with Crippen LogP contribution in [0.3, 0.4) is 0 Å². The predicted molar refractivity (Wildman–Crippen MR) is 96.1 cm³/mol. The maximum Gasteiger partial charge on any atom is 0.277 e. The molecule has 2 amide bonds. The smallest absolute Gasteiger partial charge is 0.277 e. The molecule has 0 saturated heterocycles. The molecule has 1 aromatic heterocycles. The second kappa shape index (κ2) is 9.22. The van der Waals surface area contributed by atoms with Crippen LogP contribution in [0.1, 0.15) is 25.8 Å². The number of amides is 2. The summed E-state index contributed by atoms with van der Waals surface area (Å²) >= 11 is 1.13. The van der Waals surface area contributed by atoms with Crippen molar-refractivity contribution in [3.63, 3.8) is 0 Å². The minimum absolute atomic E-state index is 0.0981. The summed E-state index contributed by atoms with van der Waals surface area (Å²) in [5.74, 6) is 0.0510. The Kier molecular flexibility index (Phi) is 7.00. The van der Waals surface area contributed by atoms with Crippen molar-refractivity contribution in [3.8, 4) is 11.5 Å². The predicted octanol–water partition coefficient (Wildman–Crippen LogP) is 2.17. The molecule has 8 heteroatoms. The highest BCUT2D eigenvalue weighted by Crippen LogP contribution is 2.23. The van der Waals surface area contributed by atoms with E-state index in [1.165, 1.54) is 0 Å². The van der Waals surface area contributed by atoms with Crippen LogP contribution < -0.4 is 10.6 Å². The number of nitrogens with zero attached hydrogens (tertiary/aromatic N) is 2. The highest BCUT2D eigenvalue weighted by atomic mass is 32.2. The fraction of sp³-hybridized carbons (Fsp3) is 0.412. The molecule has 134 valence electrons. The standard InChI is InChI=1S/C17H22N4O3S/c1-4-9-18-15(23)12(3)19-14(22)10-25-17-21-20-16(24-17)13-7-5-11(2)6-8-13/h5-8,12H,4,9-10H2,1-3H3,(H,18,23)(H,19,22)/t12-/m1/s1. The van der Waals surface area contributed by atoms with Gasteiger partial charge in [-0.05, 0) is 32.4 Å². The van der Waals surface area contributed by atoms with Crippen LogP contribution in [0, 0.1) is 6.92 Å². The zero-order valence-corrected chi connectivity index (χ0v) is 15.4. The maximum atomic E-state index is 11.9. The van der Waals surface area contributed by atoms with Gasteiger partial charge in [-0.25, -0.2) is 0 Å². The molecule has 1 aromatic carbocycles. The molecule has 0 unspecified atom stereocenters. The molecule has 0 spiro atoms. The summed E-state index contributed by atoms with van der Waals surface area (Å²) in [5.41, 5.74) is 1.97. The van der Waals surface area contributed by atoms with Crippen molar-refractivity contribution < 1.29 is 14.0 Å². The lowest BCUT2D eigenvalue weighted by atomic mass is 10.1. The van der Waals surface area contributed by atoms with Gasteiger partial charge in [0.1, 0.15) is 6.04 Å². The highest BCUT2D eigenvalue weighted by molar-refractivity contribution is 7.99. The monoisotopic (exact) mass is 362 g/mol. The zero-order chi connectivity index (χ0) is 18.2. The van der Waals surface area contributed by atoms with E-state index in [4.69, 9.17) is 4.42 Å². The van der Waals surface area contributed by atoms with Gasteiger partial charge in [0.05, 0.1) is 5.75 Å². The third-order valence-corrected chi connectivity index (χ3v) is 4.17. The van der Waals surface area contributed by atoms with Gasteiger partial charge in [0.15, 0.2) is 0 Å². The SMILES string of the molecule is CCCNC(=O)[C@@H](C)NC(=O)CSc1nnc(-c2ccc(C)cc2)o1. The molecule has 1 atom stereocenters. The Labute approximate surface area is 151 Å². The number of carbonyl (C=O) groups is 2. The van der Waals surface area contributed by atoms with E-state index in [1.54, 1.807) is 6.92 Å². The van der Waals surface area contributed by atoms with Crippen LogP contribution in [0.2, 0.25) is 0 Å². The van der Waals surface area contributed by atoms with E-state index >= 15 is 0 Å². The van der Waals surface area contributed by atoms with Gasteiger partial charge >= 0.3 is 0 Å². The molecule has 0 fully saturated rings. The quantitative estimate of drug-likeness (QED) is 0.699. The minimum atomic E-state index is -0.578. The third-order valence-electron chi connectivity index (χ3n) is 3.35. The Hall–Kier alpha value is -2.35. The highest BCUT2D eigenvalue weighted by Gasteiger charge is 2.16. The molecule has 1 heterocycles. The molecule has 2 aromatic rings. The summed E-state index contributed by atoms with van der Waals surface area (Å²) in [6.07, 6.45) is 0.850. The van der Waals surface area contributed by atoms with E-state index in [2.05, 4.69) is 20.8 Å². The molecule has 0 aliphatic carbocycles. The molecule has 7 nitrogen and oxygen atoms in total. The van der Waals surface area contributed by atoms with Crippen molar-refractivity contribution in [3.05, 3.63) is 29.8 Å². The third kappa shape index (κ3) is 5.90. The molecule has 2 N–H and O–H groups in total. The molecule has 0 aliphatic rings. The van der Waals surface area contributed by atoms with E-state index in [0.29, 0.717) is 17.7 Å². The van der Waals surface area contributed by atoms with E-state index in [-0.39, 0.29) is 17.6 Å². The minimum Gasteiger partial charge on any atom is -0.411 e. The van der Waals surface area contributed by atoms with E-state index in [1.807, 2.05) is 38.1 Å². The fourth-order valence-electron chi connectivity index (χ4n) is 1.96. The molecule has 0 radical (unpaired) electrons. The Morgan fingerprint density at radius 3 is 2.64 bits per heavy atom. The van der Waals surface area contributed by atoms with Crippen LogP contribution >= 0.6 is 11.8 Å². The van der Waals surface area contributed by atoms with Crippen molar-refractivity contribution in [2.24, 2.45) is 0 Å². The lowest BCUT2D eigenvalue weighted by Gasteiger charge is -2.13. The Morgan fingerprint density at radius 2 is 1.96 bits per heavy atom. The van der Waals surface area contributed by atoms with E-state index < -0.39 is 6.04 Å². The van der Waals surface area contributed by atoms with Crippen LogP contribution in [0.25, 0.3) is 11.5 Å². The number of hydrogen-bond donors (Lipinski definition) is 2. The van der Waals surface area contributed by atoms with Gasteiger partial charge in [-0.3, -0.25) is 9.59 Å². The Balaban J connectivity index is 1.82. The summed E-state index contributed by atoms with van der Waals surface area (Å²) in [5, 5.41) is 13.6. The molecule has 0 saturated carbocycles. The van der Waals surface area contributed by atoms with E-state index in [9.17, 15) is 9.59 Å². The summed E-state index contributed by atoms with van der Waals surface area (Å²) in [4.78, 5) is 23.6. The molecular formula is C17H22N4O3S. The van der Waals surface area contributed by atoms with Crippen molar-refractivity contribution >= 4 is 23.6 Å². The number of thioether (sulfide) groups is 1. The summed E-state index contributed by atoms with van der Waals surface area (Å²) in [6.45, 7) is 6.21. The summed E-state index contributed by atoms with van der Waals surface area (Å²) in [7, 11) is 0. The summed E-state index contributed by atoms with van der Waals surface area (Å²) in [6, 6.07) is 7.15. The van der Waals surface area contributed by atoms with Gasteiger partial charge in [-0.2, -0.15) is 0 Å². The van der Waals surface area contributed by atoms with Gasteiger partial charge in [0, 0.05) is 12.1 Å². The van der Waals surface area contributed by atoms with Crippen LogP contribution in [-0.4, -0.2) is 40.4 Å². The normalized spacial score (nSPS) is 11.8. The molecule has 25 heavy (non-hydrogen) atoms. The lowest BCUT2D eigenvalue weighted by molar-refractivity contribution is -0.127. The number of rotatable bonds is 8. The number of aromatic nitrogens is 2. The van der Waals surface area contributed by atoms with E-state index in [0.717, 1.165) is 29.3 Å². The van der Waals surface area contributed by atoms with Gasteiger partial charge in [-0.15, -0.1) is 10.2 Å². The van der Waals surface area contributed by atoms with Gasteiger partial charge in [0.25, 0.3) is 5.22 Å². The van der Waals surface area contributed by atoms with Crippen molar-refractivity contribution in [1.82, 2.24) is 20.8 Å². The van der Waals surface area contributed by atoms with Crippen molar-refractivity contribution in [2.45, 2.75) is 38.5 Å². The van der Waals surface area contributed by atoms with Gasteiger partial charge in [0.2, 0.25) is 17.7 Å². The molecular weight excluding hydrogens is 340 g/mol. The van der Waals surface area contributed by atoms with Crippen LogP contribution in [0.4, 0.5) is 0 Å². The number of hydrogen-bond acceptors (Lipinski definition) is 6. The zero-order valence-electron chi connectivity index (χ0n) is 14.5. The molecule has 2 rings (SSSR count). The number of carbonyl (C=O) groups excluding carboxylic acids is 2. The summed E-state index contributed by atoms with van der Waals surface area (Å²) < 4.78 is 5.55. The second-order valence-electron chi connectivity index (χ2n) is 5.61. The molecule has 0 aliphatic heterocycles. The van der Waals surface area contributed by atoms with Gasteiger partial charge < -0.3 is 15.1 Å². The average molecular weight is 362 g/mol. The second-order valence-corrected chi connectivity index (χ2v) is 6.53. The first kappa shape index (κ1) is 19.0. The Bertz CT molecular complexity index is 715. The molecule has 0 bridgehead atoms. The largest absolute Gasteiger partial charge is 0.411 e.